The monoisotopic (exact) mass is 287 g/mol. The molecule has 0 unspecified atom stereocenters. The molecule has 21 heavy (non-hydrogen) atoms. The smallest absolute Gasteiger partial charge is 0.191 e. The third-order valence-corrected chi connectivity index (χ3v) is 4.54. The number of piperidine rings is 1. The molecule has 1 saturated heterocycles. The van der Waals surface area contributed by atoms with Crippen molar-refractivity contribution in [1.29, 1.82) is 0 Å². The Labute approximate surface area is 127 Å². The Balaban J connectivity index is 1.52. The summed E-state index contributed by atoms with van der Waals surface area (Å²) in [7, 11) is 0. The molecule has 0 saturated carbocycles. The number of benzene rings is 1. The van der Waals surface area contributed by atoms with Crippen LogP contribution in [0, 0.1) is 5.92 Å². The lowest BCUT2D eigenvalue weighted by molar-refractivity contribution is 0.277. The zero-order chi connectivity index (χ0) is 14.7. The molecule has 0 aromatic heterocycles. The van der Waals surface area contributed by atoms with E-state index in [1.54, 1.807) is 0 Å². The van der Waals surface area contributed by atoms with E-state index in [0.29, 0.717) is 5.96 Å². The summed E-state index contributed by atoms with van der Waals surface area (Å²) in [6.45, 7) is 5.98. The second-order valence-corrected chi connectivity index (χ2v) is 6.20. The Hall–Kier alpha value is -1.71. The summed E-state index contributed by atoms with van der Waals surface area (Å²) in [6.07, 6.45) is 4.42. The highest BCUT2D eigenvalue weighted by Crippen LogP contribution is 2.26. The van der Waals surface area contributed by atoms with Gasteiger partial charge in [-0.2, -0.15) is 0 Å². The number of nitrogens with zero attached hydrogens (tertiary/aromatic N) is 2. The molecular formula is C17H25N3O. The third-order valence-electron chi connectivity index (χ3n) is 4.54. The highest BCUT2D eigenvalue weighted by Gasteiger charge is 2.17. The van der Waals surface area contributed by atoms with Gasteiger partial charge in [0, 0.05) is 26.1 Å². The van der Waals surface area contributed by atoms with Crippen LogP contribution in [0.2, 0.25) is 0 Å². The fraction of sp³-hybridized carbons (Fsp3) is 0.588. The van der Waals surface area contributed by atoms with Crippen molar-refractivity contribution in [2.24, 2.45) is 16.6 Å². The minimum Gasteiger partial charge on any atom is -0.493 e. The lowest BCUT2D eigenvalue weighted by atomic mass is 10.00. The molecule has 4 heteroatoms. The highest BCUT2D eigenvalue weighted by molar-refractivity contribution is 5.78. The van der Waals surface area contributed by atoms with Crippen molar-refractivity contribution in [2.75, 3.05) is 26.2 Å². The first-order valence-corrected chi connectivity index (χ1v) is 8.02. The van der Waals surface area contributed by atoms with Gasteiger partial charge in [-0.15, -0.1) is 0 Å². The Bertz CT molecular complexity index is 519. The number of fused-ring (bicyclic) bond motifs is 1. The molecule has 0 radical (unpaired) electrons. The van der Waals surface area contributed by atoms with Gasteiger partial charge in [-0.25, -0.2) is 0 Å². The number of likely N-dealkylation sites (tertiary alicyclic amines) is 1. The van der Waals surface area contributed by atoms with E-state index in [0.717, 1.165) is 50.8 Å². The second-order valence-electron chi connectivity index (χ2n) is 6.20. The molecule has 2 N–H and O–H groups in total. The maximum Gasteiger partial charge on any atom is 0.191 e. The van der Waals surface area contributed by atoms with Crippen molar-refractivity contribution >= 4 is 5.96 Å². The quantitative estimate of drug-likeness (QED) is 0.685. The SMILES string of the molecule is CC1CCN(C(N)=NCCc2ccc3c(c2)CCO3)CC1. The van der Waals surface area contributed by atoms with Crippen LogP contribution in [0.5, 0.6) is 5.75 Å². The Morgan fingerprint density at radius 2 is 2.19 bits per heavy atom. The molecule has 114 valence electrons. The molecular weight excluding hydrogens is 262 g/mol. The molecule has 1 aromatic carbocycles. The van der Waals surface area contributed by atoms with Gasteiger partial charge in [0.25, 0.3) is 0 Å². The topological polar surface area (TPSA) is 50.8 Å². The standard InChI is InChI=1S/C17H25N3O/c1-13-5-9-20(10-6-13)17(18)19-8-4-14-2-3-16-15(12-14)7-11-21-16/h2-3,12-13H,4-11H2,1H3,(H2,18,19). The predicted molar refractivity (Wildman–Crippen MR) is 85.8 cm³/mol. The predicted octanol–water partition coefficient (Wildman–Crippen LogP) is 2.21. The van der Waals surface area contributed by atoms with Gasteiger partial charge in [-0.05, 0) is 42.4 Å². The zero-order valence-corrected chi connectivity index (χ0v) is 12.8. The van der Waals surface area contributed by atoms with Gasteiger partial charge in [0.2, 0.25) is 0 Å². The first-order valence-electron chi connectivity index (χ1n) is 8.02. The van der Waals surface area contributed by atoms with Crippen molar-refractivity contribution in [3.05, 3.63) is 29.3 Å². The summed E-state index contributed by atoms with van der Waals surface area (Å²) in [5.74, 6) is 2.58. The summed E-state index contributed by atoms with van der Waals surface area (Å²) in [4.78, 5) is 6.77. The minimum atomic E-state index is 0.714. The summed E-state index contributed by atoms with van der Waals surface area (Å²) in [5.41, 5.74) is 8.75. The van der Waals surface area contributed by atoms with Crippen LogP contribution in [-0.2, 0) is 12.8 Å². The van der Waals surface area contributed by atoms with Crippen LogP contribution >= 0.6 is 0 Å². The molecule has 1 aromatic rings. The number of guanidine groups is 1. The van der Waals surface area contributed by atoms with Crippen molar-refractivity contribution in [2.45, 2.75) is 32.6 Å². The molecule has 3 rings (SSSR count). The van der Waals surface area contributed by atoms with Crippen molar-refractivity contribution in [1.82, 2.24) is 4.90 Å². The molecule has 2 aliphatic heterocycles. The van der Waals surface area contributed by atoms with Crippen molar-refractivity contribution < 1.29 is 4.74 Å². The maximum absolute atomic E-state index is 6.10. The van der Waals surface area contributed by atoms with E-state index in [1.807, 2.05) is 0 Å². The van der Waals surface area contributed by atoms with Crippen molar-refractivity contribution in [3.63, 3.8) is 0 Å². The average molecular weight is 287 g/mol. The summed E-state index contributed by atoms with van der Waals surface area (Å²) >= 11 is 0. The Morgan fingerprint density at radius 3 is 3.00 bits per heavy atom. The second kappa shape index (κ2) is 6.37. The van der Waals surface area contributed by atoms with Crippen LogP contribution in [0.15, 0.2) is 23.2 Å². The van der Waals surface area contributed by atoms with Crippen LogP contribution in [0.4, 0.5) is 0 Å². The highest BCUT2D eigenvalue weighted by atomic mass is 16.5. The number of aliphatic imine (C=N–C) groups is 1. The zero-order valence-electron chi connectivity index (χ0n) is 12.8. The van der Waals surface area contributed by atoms with E-state index in [1.165, 1.54) is 24.0 Å². The van der Waals surface area contributed by atoms with Crippen molar-refractivity contribution in [3.8, 4) is 5.75 Å². The number of hydrogen-bond donors (Lipinski definition) is 1. The van der Waals surface area contributed by atoms with Crippen LogP contribution in [-0.4, -0.2) is 37.1 Å². The van der Waals surface area contributed by atoms with Gasteiger partial charge in [0.1, 0.15) is 5.75 Å². The Kier molecular flexibility index (Phi) is 4.32. The van der Waals surface area contributed by atoms with Crippen LogP contribution < -0.4 is 10.5 Å². The van der Waals surface area contributed by atoms with E-state index in [9.17, 15) is 0 Å². The molecule has 4 nitrogen and oxygen atoms in total. The fourth-order valence-corrected chi connectivity index (χ4v) is 3.03. The molecule has 0 amide bonds. The number of hydrogen-bond acceptors (Lipinski definition) is 2. The largest absolute Gasteiger partial charge is 0.493 e. The third kappa shape index (κ3) is 3.49. The van der Waals surface area contributed by atoms with E-state index < -0.39 is 0 Å². The van der Waals surface area contributed by atoms with Gasteiger partial charge in [0.15, 0.2) is 5.96 Å². The van der Waals surface area contributed by atoms with Gasteiger partial charge in [-0.3, -0.25) is 4.99 Å². The van der Waals surface area contributed by atoms with E-state index in [-0.39, 0.29) is 0 Å². The minimum absolute atomic E-state index is 0.714. The van der Waals surface area contributed by atoms with Crippen LogP contribution in [0.3, 0.4) is 0 Å². The molecule has 2 aliphatic rings. The summed E-state index contributed by atoms with van der Waals surface area (Å²) in [5, 5.41) is 0. The normalized spacial score (nSPS) is 19.5. The molecule has 0 spiro atoms. The molecule has 1 fully saturated rings. The van der Waals surface area contributed by atoms with Gasteiger partial charge >= 0.3 is 0 Å². The van der Waals surface area contributed by atoms with E-state index in [4.69, 9.17) is 10.5 Å². The van der Waals surface area contributed by atoms with Gasteiger partial charge < -0.3 is 15.4 Å². The summed E-state index contributed by atoms with van der Waals surface area (Å²) in [6, 6.07) is 6.46. The van der Waals surface area contributed by atoms with E-state index in [2.05, 4.69) is 35.0 Å². The van der Waals surface area contributed by atoms with Crippen LogP contribution in [0.1, 0.15) is 30.9 Å². The first-order chi connectivity index (χ1) is 10.2. The number of ether oxygens (including phenoxy) is 1. The lowest BCUT2D eigenvalue weighted by Gasteiger charge is -2.31. The van der Waals surface area contributed by atoms with Gasteiger partial charge in [-0.1, -0.05) is 19.1 Å². The first kappa shape index (κ1) is 14.2. The molecule has 0 atom stereocenters. The maximum atomic E-state index is 6.10. The molecule has 0 bridgehead atoms. The molecule has 2 heterocycles. The van der Waals surface area contributed by atoms with Crippen LogP contribution in [0.25, 0.3) is 0 Å². The molecule has 0 aliphatic carbocycles. The number of rotatable bonds is 3. The lowest BCUT2D eigenvalue weighted by Crippen LogP contribution is -2.42. The van der Waals surface area contributed by atoms with Gasteiger partial charge in [0.05, 0.1) is 6.61 Å². The summed E-state index contributed by atoms with van der Waals surface area (Å²) < 4.78 is 5.53. The van der Waals surface area contributed by atoms with E-state index >= 15 is 0 Å². The fourth-order valence-electron chi connectivity index (χ4n) is 3.03. The Morgan fingerprint density at radius 1 is 1.38 bits per heavy atom. The number of nitrogens with two attached hydrogens (primary N) is 1. The average Bonchev–Trinajstić information content (AvgIpc) is 2.95.